The van der Waals surface area contributed by atoms with Crippen LogP contribution in [0.5, 0.6) is 0 Å². The molecule has 0 saturated heterocycles. The van der Waals surface area contributed by atoms with Crippen LogP contribution in [-0.2, 0) is 0 Å². The number of carboxylic acids is 2. The SMILES string of the molecule is O=C(Nc1cc(C(=O)O)cc(C(=O)O)c1)NC1CC1. The van der Waals surface area contributed by atoms with Crippen molar-refractivity contribution in [2.45, 2.75) is 18.9 Å². The minimum atomic E-state index is -1.26. The van der Waals surface area contributed by atoms with Gasteiger partial charge in [-0.1, -0.05) is 0 Å². The molecule has 0 aromatic heterocycles. The summed E-state index contributed by atoms with van der Waals surface area (Å²) < 4.78 is 0. The maximum Gasteiger partial charge on any atom is 0.335 e. The van der Waals surface area contributed by atoms with Crippen LogP contribution in [0.2, 0.25) is 0 Å². The molecule has 0 heterocycles. The summed E-state index contributed by atoms with van der Waals surface area (Å²) in [5.74, 6) is -2.51. The van der Waals surface area contributed by atoms with Gasteiger partial charge in [0.15, 0.2) is 0 Å². The van der Waals surface area contributed by atoms with Crippen molar-refractivity contribution in [2.75, 3.05) is 5.32 Å². The molecule has 2 rings (SSSR count). The summed E-state index contributed by atoms with van der Waals surface area (Å²) in [6.07, 6.45) is 1.84. The molecule has 1 aromatic rings. The molecule has 2 amide bonds. The van der Waals surface area contributed by atoms with Gasteiger partial charge in [-0.15, -0.1) is 0 Å². The van der Waals surface area contributed by atoms with Gasteiger partial charge in [0.1, 0.15) is 0 Å². The zero-order chi connectivity index (χ0) is 14.0. The Morgan fingerprint density at radius 2 is 1.53 bits per heavy atom. The first-order valence-electron chi connectivity index (χ1n) is 5.65. The number of carbonyl (C=O) groups is 3. The molecule has 0 unspecified atom stereocenters. The zero-order valence-electron chi connectivity index (χ0n) is 9.84. The van der Waals surface area contributed by atoms with E-state index in [0.717, 1.165) is 18.9 Å². The van der Waals surface area contributed by atoms with E-state index in [0.29, 0.717) is 0 Å². The minimum Gasteiger partial charge on any atom is -0.478 e. The second-order valence-corrected chi connectivity index (χ2v) is 4.28. The Hall–Kier alpha value is -2.57. The number of anilines is 1. The van der Waals surface area contributed by atoms with Gasteiger partial charge in [0.2, 0.25) is 0 Å². The lowest BCUT2D eigenvalue weighted by molar-refractivity contribution is 0.0696. The average Bonchev–Trinajstić information content (AvgIpc) is 3.12. The normalized spacial score (nSPS) is 13.7. The van der Waals surface area contributed by atoms with Gasteiger partial charge in [-0.2, -0.15) is 0 Å². The number of urea groups is 1. The number of carboxylic acid groups (broad SMARTS) is 2. The number of benzene rings is 1. The number of carbonyl (C=O) groups excluding carboxylic acids is 1. The topological polar surface area (TPSA) is 116 Å². The fourth-order valence-corrected chi connectivity index (χ4v) is 1.53. The lowest BCUT2D eigenvalue weighted by Gasteiger charge is -2.08. The highest BCUT2D eigenvalue weighted by Crippen LogP contribution is 2.19. The van der Waals surface area contributed by atoms with Crippen LogP contribution in [0, 0.1) is 0 Å². The van der Waals surface area contributed by atoms with Gasteiger partial charge in [-0.05, 0) is 31.0 Å². The number of rotatable bonds is 4. The Morgan fingerprint density at radius 3 is 1.95 bits per heavy atom. The van der Waals surface area contributed by atoms with Crippen LogP contribution in [0.4, 0.5) is 10.5 Å². The number of aromatic carboxylic acids is 2. The Balaban J connectivity index is 2.19. The van der Waals surface area contributed by atoms with Crippen molar-refractivity contribution in [2.24, 2.45) is 0 Å². The summed E-state index contributed by atoms with van der Waals surface area (Å²) in [4.78, 5) is 33.3. The summed E-state index contributed by atoms with van der Waals surface area (Å²) in [6.45, 7) is 0. The Bertz CT molecular complexity index is 519. The van der Waals surface area contributed by atoms with Crippen molar-refractivity contribution in [1.29, 1.82) is 0 Å². The highest BCUT2D eigenvalue weighted by Gasteiger charge is 2.23. The third kappa shape index (κ3) is 3.44. The van der Waals surface area contributed by atoms with Gasteiger partial charge < -0.3 is 20.8 Å². The Morgan fingerprint density at radius 1 is 1.00 bits per heavy atom. The van der Waals surface area contributed by atoms with Gasteiger partial charge in [0.25, 0.3) is 0 Å². The summed E-state index contributed by atoms with van der Waals surface area (Å²) in [6, 6.07) is 3.14. The van der Waals surface area contributed by atoms with Crippen LogP contribution in [-0.4, -0.2) is 34.2 Å². The van der Waals surface area contributed by atoms with Crippen LogP contribution in [0.25, 0.3) is 0 Å². The largest absolute Gasteiger partial charge is 0.478 e. The molecule has 1 aliphatic carbocycles. The van der Waals surface area contributed by atoms with E-state index < -0.39 is 18.0 Å². The van der Waals surface area contributed by atoms with Crippen LogP contribution in [0.1, 0.15) is 33.6 Å². The molecule has 4 N–H and O–H groups in total. The highest BCUT2D eigenvalue weighted by atomic mass is 16.4. The Labute approximate surface area is 108 Å². The van der Waals surface area contributed by atoms with Crippen LogP contribution in [0.3, 0.4) is 0 Å². The second-order valence-electron chi connectivity index (χ2n) is 4.28. The first-order valence-corrected chi connectivity index (χ1v) is 5.65. The molecule has 0 atom stereocenters. The quantitative estimate of drug-likeness (QED) is 0.655. The third-order valence-corrected chi connectivity index (χ3v) is 2.60. The molecule has 1 fully saturated rings. The number of nitrogens with one attached hydrogen (secondary N) is 2. The van der Waals surface area contributed by atoms with E-state index in [1.54, 1.807) is 0 Å². The van der Waals surface area contributed by atoms with Gasteiger partial charge >= 0.3 is 18.0 Å². The molecule has 1 aromatic carbocycles. The first kappa shape index (κ1) is 12.9. The molecule has 1 aliphatic rings. The first-order chi connectivity index (χ1) is 8.95. The van der Waals surface area contributed by atoms with E-state index in [9.17, 15) is 14.4 Å². The lowest BCUT2D eigenvalue weighted by atomic mass is 10.1. The third-order valence-electron chi connectivity index (χ3n) is 2.60. The molecule has 0 bridgehead atoms. The van der Waals surface area contributed by atoms with E-state index in [4.69, 9.17) is 10.2 Å². The Kier molecular flexibility index (Phi) is 3.37. The fraction of sp³-hybridized carbons (Fsp3) is 0.250. The molecule has 19 heavy (non-hydrogen) atoms. The van der Waals surface area contributed by atoms with Crippen molar-refractivity contribution >= 4 is 23.7 Å². The number of hydrogen-bond donors (Lipinski definition) is 4. The molecule has 1 saturated carbocycles. The van der Waals surface area contributed by atoms with E-state index in [-0.39, 0.29) is 22.9 Å². The van der Waals surface area contributed by atoms with Crippen molar-refractivity contribution in [1.82, 2.24) is 5.32 Å². The molecule has 0 radical (unpaired) electrons. The smallest absolute Gasteiger partial charge is 0.335 e. The number of hydrogen-bond acceptors (Lipinski definition) is 3. The van der Waals surface area contributed by atoms with Crippen molar-refractivity contribution in [3.8, 4) is 0 Å². The van der Waals surface area contributed by atoms with Gasteiger partial charge in [-0.25, -0.2) is 14.4 Å². The number of amides is 2. The van der Waals surface area contributed by atoms with E-state index in [2.05, 4.69) is 10.6 Å². The maximum absolute atomic E-state index is 11.5. The molecule has 7 heteroatoms. The van der Waals surface area contributed by atoms with Gasteiger partial charge in [-0.3, -0.25) is 0 Å². The summed E-state index contributed by atoms with van der Waals surface area (Å²) in [5.41, 5.74) is -0.251. The van der Waals surface area contributed by atoms with Crippen molar-refractivity contribution in [3.05, 3.63) is 29.3 Å². The van der Waals surface area contributed by atoms with E-state index >= 15 is 0 Å². The predicted molar refractivity (Wildman–Crippen MR) is 65.5 cm³/mol. The highest BCUT2D eigenvalue weighted by molar-refractivity contribution is 5.98. The molecule has 7 nitrogen and oxygen atoms in total. The monoisotopic (exact) mass is 264 g/mol. The van der Waals surface area contributed by atoms with Crippen LogP contribution < -0.4 is 10.6 Å². The zero-order valence-corrected chi connectivity index (χ0v) is 9.84. The molecule has 0 aliphatic heterocycles. The second kappa shape index (κ2) is 4.97. The summed E-state index contributed by atoms with van der Waals surface area (Å²) in [7, 11) is 0. The van der Waals surface area contributed by atoms with Gasteiger partial charge in [0, 0.05) is 11.7 Å². The van der Waals surface area contributed by atoms with Gasteiger partial charge in [0.05, 0.1) is 11.1 Å². The predicted octanol–water partition coefficient (Wildman–Crippen LogP) is 1.37. The molecular weight excluding hydrogens is 252 g/mol. The van der Waals surface area contributed by atoms with Crippen LogP contribution >= 0.6 is 0 Å². The molecular formula is C12H12N2O5. The molecule has 0 spiro atoms. The molecule has 100 valence electrons. The van der Waals surface area contributed by atoms with Crippen molar-refractivity contribution in [3.63, 3.8) is 0 Å². The van der Waals surface area contributed by atoms with Crippen LogP contribution in [0.15, 0.2) is 18.2 Å². The van der Waals surface area contributed by atoms with E-state index in [1.807, 2.05) is 0 Å². The maximum atomic E-state index is 11.5. The fourth-order valence-electron chi connectivity index (χ4n) is 1.53. The summed E-state index contributed by atoms with van der Waals surface area (Å²) >= 11 is 0. The minimum absolute atomic E-state index is 0.135. The van der Waals surface area contributed by atoms with Crippen molar-refractivity contribution < 1.29 is 24.6 Å². The standard InChI is InChI=1S/C12H12N2O5/c15-10(16)6-3-7(11(17)18)5-9(4-6)14-12(19)13-8-1-2-8/h3-5,8H,1-2H2,(H,15,16)(H,17,18)(H2,13,14,19). The average molecular weight is 264 g/mol. The summed E-state index contributed by atoms with van der Waals surface area (Å²) in [5, 5.41) is 22.8. The lowest BCUT2D eigenvalue weighted by Crippen LogP contribution is -2.30. The van der Waals surface area contributed by atoms with E-state index in [1.165, 1.54) is 12.1 Å².